The third-order valence-corrected chi connectivity index (χ3v) is 2.42. The fourth-order valence-electron chi connectivity index (χ4n) is 1.57. The summed E-state index contributed by atoms with van der Waals surface area (Å²) in [5.41, 5.74) is 8.24. The highest BCUT2D eigenvalue weighted by Crippen LogP contribution is 2.09. The van der Waals surface area contributed by atoms with Crippen LogP contribution in [-0.4, -0.2) is 26.7 Å². The molecule has 0 spiro atoms. The fourth-order valence-corrected chi connectivity index (χ4v) is 1.57. The molecule has 0 fully saturated rings. The third kappa shape index (κ3) is 2.04. The third-order valence-electron chi connectivity index (χ3n) is 2.42. The van der Waals surface area contributed by atoms with E-state index in [1.165, 1.54) is 0 Å². The molecule has 0 aliphatic rings. The smallest absolute Gasteiger partial charge is 0.320 e. The van der Waals surface area contributed by atoms with Crippen molar-refractivity contribution in [3.63, 3.8) is 0 Å². The Morgan fingerprint density at radius 3 is 3.06 bits per heavy atom. The summed E-state index contributed by atoms with van der Waals surface area (Å²) >= 11 is 0. The summed E-state index contributed by atoms with van der Waals surface area (Å²) in [5, 5.41) is 13.0. The molecule has 0 bridgehead atoms. The zero-order chi connectivity index (χ0) is 11.7. The summed E-state index contributed by atoms with van der Waals surface area (Å²) in [6.07, 6.45) is 2.09. The van der Waals surface area contributed by atoms with Crippen LogP contribution in [0.25, 0.3) is 5.52 Å². The van der Waals surface area contributed by atoms with Gasteiger partial charge >= 0.3 is 5.97 Å². The van der Waals surface area contributed by atoms with Crippen molar-refractivity contribution >= 4 is 11.5 Å². The minimum atomic E-state index is -1.01. The van der Waals surface area contributed by atoms with E-state index in [9.17, 15) is 4.79 Å². The molecule has 2 heterocycles. The lowest BCUT2D eigenvalue weighted by Gasteiger charge is -2.01. The van der Waals surface area contributed by atoms with Crippen molar-refractivity contribution in [3.8, 4) is 0 Å². The molecule has 0 radical (unpaired) electrons. The largest absolute Gasteiger partial charge is 0.480 e. The number of fused-ring (bicyclic) bond motifs is 1. The lowest BCUT2D eigenvalue weighted by molar-refractivity contribution is -0.138. The van der Waals surface area contributed by atoms with Gasteiger partial charge in [-0.2, -0.15) is 5.10 Å². The van der Waals surface area contributed by atoms with E-state index in [4.69, 9.17) is 10.8 Å². The van der Waals surface area contributed by atoms with Crippen molar-refractivity contribution in [3.05, 3.63) is 35.7 Å². The Morgan fingerprint density at radius 1 is 1.62 bits per heavy atom. The number of pyridine rings is 1. The molecule has 3 N–H and O–H groups in total. The predicted molar refractivity (Wildman–Crippen MR) is 59.2 cm³/mol. The molecule has 2 rings (SSSR count). The highest BCUT2D eigenvalue weighted by atomic mass is 16.4. The van der Waals surface area contributed by atoms with E-state index in [0.717, 1.165) is 11.1 Å². The first-order chi connectivity index (χ1) is 7.56. The van der Waals surface area contributed by atoms with Gasteiger partial charge in [-0.05, 0) is 30.7 Å². The van der Waals surface area contributed by atoms with Gasteiger partial charge in [-0.3, -0.25) is 4.79 Å². The molecule has 0 aliphatic carbocycles. The molecular weight excluding hydrogens is 206 g/mol. The van der Waals surface area contributed by atoms with Crippen molar-refractivity contribution in [2.75, 3.05) is 0 Å². The number of hydrogen-bond donors (Lipinski definition) is 2. The number of aliphatic carboxylic acids is 1. The molecule has 2 aromatic rings. The standard InChI is InChI=1S/C11H13N3O2/c1-7-2-3-14-9(4-7)5-8(13-14)6-10(12)11(15)16/h2-5,10H,6,12H2,1H3,(H,15,16). The lowest BCUT2D eigenvalue weighted by atomic mass is 10.1. The van der Waals surface area contributed by atoms with E-state index in [0.29, 0.717) is 5.69 Å². The maximum absolute atomic E-state index is 10.6. The minimum Gasteiger partial charge on any atom is -0.480 e. The molecular formula is C11H13N3O2. The van der Waals surface area contributed by atoms with E-state index in [-0.39, 0.29) is 6.42 Å². The minimum absolute atomic E-state index is 0.246. The topological polar surface area (TPSA) is 80.6 Å². The van der Waals surface area contributed by atoms with Gasteiger partial charge in [0.15, 0.2) is 0 Å². The molecule has 16 heavy (non-hydrogen) atoms. The second kappa shape index (κ2) is 3.94. The Balaban J connectivity index is 2.29. The van der Waals surface area contributed by atoms with Crippen LogP contribution in [0.5, 0.6) is 0 Å². The zero-order valence-electron chi connectivity index (χ0n) is 8.92. The SMILES string of the molecule is Cc1ccn2nc(CC(N)C(=O)O)cc2c1. The van der Waals surface area contributed by atoms with Gasteiger partial charge in [0.25, 0.3) is 0 Å². The van der Waals surface area contributed by atoms with Gasteiger partial charge in [0, 0.05) is 12.6 Å². The molecule has 0 aliphatic heterocycles. The molecule has 1 atom stereocenters. The van der Waals surface area contributed by atoms with Crippen molar-refractivity contribution in [2.45, 2.75) is 19.4 Å². The van der Waals surface area contributed by atoms with Gasteiger partial charge in [0.05, 0.1) is 11.2 Å². The Kier molecular flexibility index (Phi) is 2.62. The Hall–Kier alpha value is -1.88. The Bertz CT molecular complexity index is 533. The van der Waals surface area contributed by atoms with E-state index in [1.807, 2.05) is 31.3 Å². The van der Waals surface area contributed by atoms with Gasteiger partial charge in [-0.1, -0.05) is 0 Å². The van der Waals surface area contributed by atoms with Crippen LogP contribution in [0.1, 0.15) is 11.3 Å². The molecule has 0 saturated carbocycles. The van der Waals surface area contributed by atoms with Gasteiger partial charge in [-0.25, -0.2) is 4.52 Å². The van der Waals surface area contributed by atoms with Crippen LogP contribution in [0.2, 0.25) is 0 Å². The van der Waals surface area contributed by atoms with E-state index in [1.54, 1.807) is 4.52 Å². The summed E-state index contributed by atoms with van der Waals surface area (Å²) in [6.45, 7) is 2.00. The summed E-state index contributed by atoms with van der Waals surface area (Å²) < 4.78 is 1.72. The predicted octanol–water partition coefficient (Wildman–Crippen LogP) is 0.597. The van der Waals surface area contributed by atoms with Crippen LogP contribution in [0.15, 0.2) is 24.4 Å². The average Bonchev–Trinajstić information content (AvgIpc) is 2.58. The van der Waals surface area contributed by atoms with Crippen LogP contribution in [0, 0.1) is 6.92 Å². The molecule has 2 aromatic heterocycles. The summed E-state index contributed by atoms with van der Waals surface area (Å²) in [4.78, 5) is 10.6. The first-order valence-corrected chi connectivity index (χ1v) is 4.99. The maximum atomic E-state index is 10.6. The van der Waals surface area contributed by atoms with Crippen LogP contribution < -0.4 is 5.73 Å². The first-order valence-electron chi connectivity index (χ1n) is 4.99. The maximum Gasteiger partial charge on any atom is 0.320 e. The normalized spacial score (nSPS) is 12.9. The van der Waals surface area contributed by atoms with Crippen LogP contribution >= 0.6 is 0 Å². The summed E-state index contributed by atoms with van der Waals surface area (Å²) in [6, 6.07) is 4.89. The van der Waals surface area contributed by atoms with Crippen molar-refractivity contribution in [2.24, 2.45) is 5.73 Å². The fraction of sp³-hybridized carbons (Fsp3) is 0.273. The summed E-state index contributed by atoms with van der Waals surface area (Å²) in [5.74, 6) is -1.01. The highest BCUT2D eigenvalue weighted by Gasteiger charge is 2.14. The molecule has 5 heteroatoms. The number of nitrogens with zero attached hydrogens (tertiary/aromatic N) is 2. The second-order valence-electron chi connectivity index (χ2n) is 3.86. The Morgan fingerprint density at radius 2 is 2.38 bits per heavy atom. The number of hydrogen-bond acceptors (Lipinski definition) is 3. The molecule has 1 unspecified atom stereocenters. The monoisotopic (exact) mass is 219 g/mol. The van der Waals surface area contributed by atoms with Gasteiger partial charge in [0.2, 0.25) is 0 Å². The number of rotatable bonds is 3. The quantitative estimate of drug-likeness (QED) is 0.792. The number of carboxylic acids is 1. The number of aromatic nitrogens is 2. The van der Waals surface area contributed by atoms with E-state index >= 15 is 0 Å². The van der Waals surface area contributed by atoms with Gasteiger partial charge in [0.1, 0.15) is 6.04 Å². The first kappa shape index (κ1) is 10.6. The molecule has 5 nitrogen and oxygen atoms in total. The lowest BCUT2D eigenvalue weighted by Crippen LogP contribution is -2.32. The molecule has 84 valence electrons. The van der Waals surface area contributed by atoms with Crippen LogP contribution in [0.4, 0.5) is 0 Å². The molecule has 0 amide bonds. The van der Waals surface area contributed by atoms with Crippen LogP contribution in [0.3, 0.4) is 0 Å². The van der Waals surface area contributed by atoms with Crippen LogP contribution in [-0.2, 0) is 11.2 Å². The number of nitrogens with two attached hydrogens (primary N) is 1. The molecule has 0 saturated heterocycles. The van der Waals surface area contributed by atoms with E-state index in [2.05, 4.69) is 5.10 Å². The number of aryl methyl sites for hydroxylation is 1. The highest BCUT2D eigenvalue weighted by molar-refractivity contribution is 5.73. The van der Waals surface area contributed by atoms with Crippen molar-refractivity contribution in [1.29, 1.82) is 0 Å². The van der Waals surface area contributed by atoms with Crippen molar-refractivity contribution < 1.29 is 9.90 Å². The zero-order valence-corrected chi connectivity index (χ0v) is 8.92. The Labute approximate surface area is 92.5 Å². The van der Waals surface area contributed by atoms with Gasteiger partial charge < -0.3 is 10.8 Å². The number of carbonyl (C=O) groups is 1. The average molecular weight is 219 g/mol. The number of carboxylic acid groups (broad SMARTS) is 1. The summed E-state index contributed by atoms with van der Waals surface area (Å²) in [7, 11) is 0. The second-order valence-corrected chi connectivity index (χ2v) is 3.86. The van der Waals surface area contributed by atoms with Gasteiger partial charge in [-0.15, -0.1) is 0 Å². The molecule has 0 aromatic carbocycles. The van der Waals surface area contributed by atoms with E-state index < -0.39 is 12.0 Å². The van der Waals surface area contributed by atoms with Crippen molar-refractivity contribution in [1.82, 2.24) is 9.61 Å².